The molecule has 2 aliphatic heterocycles. The van der Waals surface area contributed by atoms with E-state index in [0.29, 0.717) is 79.7 Å². The zero-order valence-corrected chi connectivity index (χ0v) is 30.2. The average Bonchev–Trinajstić information content (AvgIpc) is 3.66. The summed E-state index contributed by atoms with van der Waals surface area (Å²) >= 11 is 6.44. The molecular formula is C35H50ClN10O5+. The van der Waals surface area contributed by atoms with Gasteiger partial charge in [-0.05, 0) is 63.1 Å². The second-order valence-electron chi connectivity index (χ2n) is 13.3. The van der Waals surface area contributed by atoms with Gasteiger partial charge in [-0.15, -0.1) is 9.80 Å². The molecule has 6 rings (SSSR count). The van der Waals surface area contributed by atoms with Crippen molar-refractivity contribution in [3.63, 3.8) is 0 Å². The summed E-state index contributed by atoms with van der Waals surface area (Å²) in [6.45, 7) is 6.06. The van der Waals surface area contributed by atoms with Crippen LogP contribution in [0.15, 0.2) is 42.0 Å². The van der Waals surface area contributed by atoms with Crippen molar-refractivity contribution < 1.29 is 28.4 Å². The Morgan fingerprint density at radius 3 is 2.47 bits per heavy atom. The largest absolute Gasteiger partial charge is 0.486 e. The number of aromatic nitrogens is 4. The normalized spacial score (nSPS) is 22.8. The number of methoxy groups -OCH3 is 1. The highest BCUT2D eigenvalue weighted by molar-refractivity contribution is 6.32. The number of nitrogens with one attached hydrogen (secondary N) is 2. The number of nitrogens with two attached hydrogens (primary N) is 1. The van der Waals surface area contributed by atoms with Gasteiger partial charge in [-0.2, -0.15) is 5.41 Å². The van der Waals surface area contributed by atoms with E-state index in [-0.39, 0.29) is 6.10 Å². The molecule has 15 nitrogen and oxygen atoms in total. The third-order valence-corrected chi connectivity index (χ3v) is 10.1. The quantitative estimate of drug-likeness (QED) is 0.0299. The number of halogens is 1. The highest BCUT2D eigenvalue weighted by Gasteiger charge is 2.42. The number of fused-ring (bicyclic) bond motifs is 2. The molecule has 2 saturated heterocycles. The lowest BCUT2D eigenvalue weighted by atomic mass is 9.89. The van der Waals surface area contributed by atoms with Crippen molar-refractivity contribution in [3.8, 4) is 22.8 Å². The molecule has 51 heavy (non-hydrogen) atoms. The van der Waals surface area contributed by atoms with Gasteiger partial charge in [0.2, 0.25) is 12.3 Å². The highest BCUT2D eigenvalue weighted by Crippen LogP contribution is 2.39. The lowest BCUT2D eigenvalue weighted by Gasteiger charge is -2.43. The van der Waals surface area contributed by atoms with Gasteiger partial charge in [0.25, 0.3) is 5.88 Å². The number of morpholine rings is 1. The van der Waals surface area contributed by atoms with Gasteiger partial charge in [0.15, 0.2) is 0 Å². The summed E-state index contributed by atoms with van der Waals surface area (Å²) < 4.78 is 32.1. The van der Waals surface area contributed by atoms with Crippen LogP contribution in [0.25, 0.3) is 11.1 Å². The van der Waals surface area contributed by atoms with Gasteiger partial charge in [0, 0.05) is 61.4 Å². The molecule has 1 aromatic carbocycles. The van der Waals surface area contributed by atoms with Crippen molar-refractivity contribution in [2.45, 2.75) is 82.1 Å². The molecule has 3 atom stereocenters. The maximum atomic E-state index is 7.39. The molecule has 4 N–H and O–H groups in total. The Balaban J connectivity index is 1.11. The number of nitrogens with zero attached hydrogens (tertiary/aromatic N) is 7. The van der Waals surface area contributed by atoms with E-state index >= 15 is 0 Å². The molecule has 2 aromatic heterocycles. The van der Waals surface area contributed by atoms with Crippen LogP contribution in [0.3, 0.4) is 0 Å². The number of hydrogen-bond donors (Lipinski definition) is 3. The summed E-state index contributed by atoms with van der Waals surface area (Å²) in [7, 11) is 1.66. The van der Waals surface area contributed by atoms with E-state index < -0.39 is 0 Å². The van der Waals surface area contributed by atoms with E-state index in [1.54, 1.807) is 25.6 Å². The number of anilines is 2. The molecule has 4 heterocycles. The summed E-state index contributed by atoms with van der Waals surface area (Å²) in [6, 6.07) is 7.57. The average molecular weight is 726 g/mol. The zero-order valence-electron chi connectivity index (χ0n) is 29.5. The summed E-state index contributed by atoms with van der Waals surface area (Å²) in [5.41, 5.74) is 2.35. The molecule has 2 bridgehead atoms. The fraction of sp³-hybridized carbons (Fsp3) is 0.600. The Hall–Kier alpha value is -3.89. The molecule has 0 radical (unpaired) electrons. The van der Waals surface area contributed by atoms with E-state index in [2.05, 4.69) is 30.1 Å². The van der Waals surface area contributed by atoms with Gasteiger partial charge in [0.05, 0.1) is 50.3 Å². The van der Waals surface area contributed by atoms with Crippen molar-refractivity contribution in [2.24, 2.45) is 11.1 Å². The third-order valence-electron chi connectivity index (χ3n) is 9.79. The first-order chi connectivity index (χ1) is 24.9. The Kier molecular flexibility index (Phi) is 13.1. The van der Waals surface area contributed by atoms with Gasteiger partial charge < -0.3 is 29.0 Å². The van der Waals surface area contributed by atoms with Crippen LogP contribution in [0.2, 0.25) is 5.02 Å². The van der Waals surface area contributed by atoms with E-state index in [0.717, 1.165) is 68.5 Å². The van der Waals surface area contributed by atoms with Crippen LogP contribution in [0.1, 0.15) is 57.9 Å². The molecule has 3 aromatic rings. The first-order valence-electron chi connectivity index (χ1n) is 17.8. The maximum absolute atomic E-state index is 7.39. The third kappa shape index (κ3) is 9.51. The fourth-order valence-electron chi connectivity index (χ4n) is 7.29. The van der Waals surface area contributed by atoms with Crippen LogP contribution in [-0.2, 0) is 14.2 Å². The predicted molar refractivity (Wildman–Crippen MR) is 192 cm³/mol. The summed E-state index contributed by atoms with van der Waals surface area (Å²) in [6.07, 6.45) is 13.9. The van der Waals surface area contributed by atoms with Crippen molar-refractivity contribution in [1.82, 2.24) is 24.6 Å². The van der Waals surface area contributed by atoms with Crippen molar-refractivity contribution in [2.75, 3.05) is 58.6 Å². The first-order valence-corrected chi connectivity index (χ1v) is 18.2. The van der Waals surface area contributed by atoms with Crippen molar-refractivity contribution in [1.29, 1.82) is 5.41 Å². The van der Waals surface area contributed by atoms with Gasteiger partial charge in [-0.3, -0.25) is 9.58 Å². The SMILES string of the molecule is COCCOCCCOc1nn(C2CCC(N3[C@@H]4CC[C@H]3COC4)CC2)cc1Nc1ncc(-c2ccc(Cl)c(O[C@@H](C)C[N+](C=N)=NN)c2)cn1. The summed E-state index contributed by atoms with van der Waals surface area (Å²) in [5.74, 6) is 6.76. The van der Waals surface area contributed by atoms with Crippen LogP contribution < -0.4 is 20.6 Å². The first kappa shape index (κ1) is 36.9. The summed E-state index contributed by atoms with van der Waals surface area (Å²) in [4.78, 5) is 12.0. The maximum Gasteiger partial charge on any atom is 0.256 e. The standard InChI is InChI=1S/C35H49ClN10O5/c1-24(19-44(23-37)43-38)51-33-16-25(4-11-31(33)36)26-17-39-35(40-18-26)41-32-20-45(42-34(32)50-13-3-12-48-15-14-47-2)27-5-7-28(8-6-27)46-29-9-10-30(46)22-49-21-29/h4,11,16-18,20,23-24,27-30,37-38H,3,5-10,12-15,19,21-22H2,1-2H3,(H,39,40,41)/p+1/t24-,27?,28?,29-,30+/m0/s1. The topological polar surface area (TPSA) is 170 Å². The minimum Gasteiger partial charge on any atom is -0.486 e. The van der Waals surface area contributed by atoms with Crippen LogP contribution in [0, 0.1) is 5.41 Å². The molecule has 1 aliphatic carbocycles. The molecular weight excluding hydrogens is 676 g/mol. The second kappa shape index (κ2) is 18.0. The number of rotatable bonds is 18. The monoisotopic (exact) mass is 725 g/mol. The van der Waals surface area contributed by atoms with Crippen LogP contribution in [0.5, 0.6) is 11.6 Å². The minimum absolute atomic E-state index is 0.292. The smallest absolute Gasteiger partial charge is 0.256 e. The van der Waals surface area contributed by atoms with Crippen LogP contribution >= 0.6 is 11.6 Å². The Bertz CT molecular complexity index is 1580. The number of benzene rings is 1. The van der Waals surface area contributed by atoms with E-state index in [9.17, 15) is 0 Å². The van der Waals surface area contributed by atoms with Crippen LogP contribution in [-0.4, -0.2) is 113 Å². The lowest BCUT2D eigenvalue weighted by molar-refractivity contribution is -0.485. The molecule has 0 spiro atoms. The predicted octanol–water partition coefficient (Wildman–Crippen LogP) is 5.23. The van der Waals surface area contributed by atoms with E-state index in [1.165, 1.54) is 17.5 Å². The summed E-state index contributed by atoms with van der Waals surface area (Å²) in [5, 5.41) is 19.6. The molecule has 0 unspecified atom stereocenters. The molecule has 1 saturated carbocycles. The lowest BCUT2D eigenvalue weighted by Crippen LogP contribution is -2.52. The molecule has 0 amide bonds. The van der Waals surface area contributed by atoms with E-state index in [4.69, 9.17) is 51.6 Å². The second-order valence-corrected chi connectivity index (χ2v) is 13.7. The van der Waals surface area contributed by atoms with Gasteiger partial charge in [-0.25, -0.2) is 15.8 Å². The van der Waals surface area contributed by atoms with Crippen molar-refractivity contribution >= 4 is 29.6 Å². The Morgan fingerprint density at radius 2 is 1.76 bits per heavy atom. The zero-order chi connectivity index (χ0) is 35.6. The fourth-order valence-corrected chi connectivity index (χ4v) is 7.45. The van der Waals surface area contributed by atoms with Gasteiger partial charge >= 0.3 is 0 Å². The number of ether oxygens (including phenoxy) is 5. The van der Waals surface area contributed by atoms with Crippen molar-refractivity contribution in [3.05, 3.63) is 41.8 Å². The number of hydrogen-bond acceptors (Lipinski definition) is 12. The Labute approximate surface area is 303 Å². The highest BCUT2D eigenvalue weighted by atomic mass is 35.5. The van der Waals surface area contributed by atoms with E-state index in [1.807, 2.05) is 25.3 Å². The molecule has 3 fully saturated rings. The minimum atomic E-state index is -0.329. The molecule has 16 heteroatoms. The molecule has 276 valence electrons. The molecule has 3 aliphatic rings. The van der Waals surface area contributed by atoms with Gasteiger partial charge in [-0.1, -0.05) is 17.7 Å². The van der Waals surface area contributed by atoms with Crippen LogP contribution in [0.4, 0.5) is 11.6 Å². The van der Waals surface area contributed by atoms with Gasteiger partial charge in [0.1, 0.15) is 24.1 Å². The Morgan fingerprint density at radius 1 is 1.04 bits per heavy atom.